The van der Waals surface area contributed by atoms with Crippen LogP contribution in [-0.4, -0.2) is 28.2 Å². The summed E-state index contributed by atoms with van der Waals surface area (Å²) in [4.78, 5) is 17.2. The third-order valence-electron chi connectivity index (χ3n) is 4.64. The van der Waals surface area contributed by atoms with Crippen molar-refractivity contribution in [3.8, 4) is 11.8 Å². The van der Waals surface area contributed by atoms with Crippen LogP contribution in [0.3, 0.4) is 0 Å². The maximum Gasteiger partial charge on any atom is 0.234 e. The summed E-state index contributed by atoms with van der Waals surface area (Å²) in [7, 11) is 1.54. The maximum atomic E-state index is 12.6. The van der Waals surface area contributed by atoms with Gasteiger partial charge in [-0.25, -0.2) is 4.98 Å². The van der Waals surface area contributed by atoms with Gasteiger partial charge >= 0.3 is 0 Å². The number of para-hydroxylation sites is 2. The van der Waals surface area contributed by atoms with Gasteiger partial charge in [0, 0.05) is 5.02 Å². The first-order chi connectivity index (χ1) is 14.5. The van der Waals surface area contributed by atoms with Crippen molar-refractivity contribution in [1.29, 1.82) is 5.26 Å². The van der Waals surface area contributed by atoms with Gasteiger partial charge in [-0.15, -0.1) is 0 Å². The van der Waals surface area contributed by atoms with Crippen molar-refractivity contribution in [2.24, 2.45) is 0 Å². The largest absolute Gasteiger partial charge is 0.495 e. The standard InChI is InChI=1S/C22H17ClN4O2S/c1-13-9-21(27-18-6-4-3-5-16(18)26-22(27)15(13)11-24)30-12-20(28)25-17-10-14(23)7-8-19(17)29-2/h3-10H,12H2,1-2H3,(H,25,28). The average molecular weight is 437 g/mol. The number of fused-ring (bicyclic) bond motifs is 3. The first-order valence-corrected chi connectivity index (χ1v) is 10.4. The number of hydrogen-bond acceptors (Lipinski definition) is 5. The van der Waals surface area contributed by atoms with E-state index >= 15 is 0 Å². The molecule has 0 aliphatic rings. The van der Waals surface area contributed by atoms with E-state index < -0.39 is 0 Å². The number of aromatic nitrogens is 2. The minimum absolute atomic E-state index is 0.169. The Labute approximate surface area is 182 Å². The molecule has 0 unspecified atom stereocenters. The Bertz CT molecular complexity index is 1330. The van der Waals surface area contributed by atoms with Crippen LogP contribution in [0, 0.1) is 18.3 Å². The van der Waals surface area contributed by atoms with E-state index in [1.807, 2.05) is 41.7 Å². The second-order valence-corrected chi connectivity index (χ2v) is 8.03. The Balaban J connectivity index is 1.65. The van der Waals surface area contributed by atoms with E-state index in [4.69, 9.17) is 16.3 Å². The summed E-state index contributed by atoms with van der Waals surface area (Å²) >= 11 is 7.41. The van der Waals surface area contributed by atoms with Gasteiger partial charge in [-0.05, 0) is 48.9 Å². The molecule has 0 aliphatic heterocycles. The molecule has 1 N–H and O–H groups in total. The van der Waals surface area contributed by atoms with Gasteiger partial charge in [0.2, 0.25) is 5.91 Å². The summed E-state index contributed by atoms with van der Waals surface area (Å²) < 4.78 is 7.21. The number of hydrogen-bond donors (Lipinski definition) is 1. The molecule has 1 amide bonds. The molecule has 4 rings (SSSR count). The number of benzene rings is 2. The van der Waals surface area contributed by atoms with Gasteiger partial charge in [0.25, 0.3) is 0 Å². The van der Waals surface area contributed by atoms with Crippen LogP contribution in [-0.2, 0) is 4.79 Å². The number of imidazole rings is 1. The fraction of sp³-hybridized carbons (Fsp3) is 0.136. The molecule has 2 aromatic carbocycles. The first kappa shape index (κ1) is 20.1. The molecule has 0 saturated heterocycles. The van der Waals surface area contributed by atoms with Gasteiger partial charge < -0.3 is 10.1 Å². The van der Waals surface area contributed by atoms with E-state index in [0.29, 0.717) is 27.7 Å². The van der Waals surface area contributed by atoms with E-state index in [1.165, 1.54) is 18.9 Å². The summed E-state index contributed by atoms with van der Waals surface area (Å²) in [6.45, 7) is 1.87. The number of thioether (sulfide) groups is 1. The van der Waals surface area contributed by atoms with Gasteiger partial charge in [-0.3, -0.25) is 9.20 Å². The Morgan fingerprint density at radius 2 is 2.10 bits per heavy atom. The zero-order valence-electron chi connectivity index (χ0n) is 16.3. The smallest absolute Gasteiger partial charge is 0.234 e. The number of aryl methyl sites for hydroxylation is 1. The molecular weight excluding hydrogens is 420 g/mol. The molecule has 0 bridgehead atoms. The molecule has 0 aliphatic carbocycles. The molecule has 150 valence electrons. The fourth-order valence-corrected chi connectivity index (χ4v) is 4.36. The number of nitriles is 1. The topological polar surface area (TPSA) is 79.4 Å². The molecule has 2 heterocycles. The molecule has 4 aromatic rings. The van der Waals surface area contributed by atoms with E-state index in [-0.39, 0.29) is 11.7 Å². The zero-order chi connectivity index (χ0) is 21.3. The summed E-state index contributed by atoms with van der Waals surface area (Å²) in [5.74, 6) is 0.512. The van der Waals surface area contributed by atoms with Crippen molar-refractivity contribution >= 4 is 51.6 Å². The van der Waals surface area contributed by atoms with Gasteiger partial charge in [-0.2, -0.15) is 5.26 Å². The normalized spacial score (nSPS) is 10.9. The van der Waals surface area contributed by atoms with Crippen molar-refractivity contribution in [1.82, 2.24) is 9.38 Å². The molecular formula is C22H17ClN4O2S. The molecule has 8 heteroatoms. The number of rotatable bonds is 5. The number of carbonyl (C=O) groups is 1. The van der Waals surface area contributed by atoms with Crippen LogP contribution in [0.5, 0.6) is 5.75 Å². The van der Waals surface area contributed by atoms with Crippen LogP contribution in [0.25, 0.3) is 16.7 Å². The average Bonchev–Trinajstić information content (AvgIpc) is 3.11. The van der Waals surface area contributed by atoms with Crippen molar-refractivity contribution in [3.63, 3.8) is 0 Å². The molecule has 0 radical (unpaired) electrons. The Kier molecular flexibility index (Phi) is 5.53. The summed E-state index contributed by atoms with van der Waals surface area (Å²) in [6, 6.07) is 16.9. The lowest BCUT2D eigenvalue weighted by molar-refractivity contribution is -0.113. The van der Waals surface area contributed by atoms with Crippen molar-refractivity contribution in [3.05, 3.63) is 64.7 Å². The first-order valence-electron chi connectivity index (χ1n) is 9.09. The third kappa shape index (κ3) is 3.67. The molecule has 0 fully saturated rings. The second kappa shape index (κ2) is 8.27. The number of halogens is 1. The summed E-state index contributed by atoms with van der Waals surface area (Å²) in [5, 5.41) is 13.8. The van der Waals surface area contributed by atoms with Gasteiger partial charge in [0.05, 0.1) is 40.2 Å². The van der Waals surface area contributed by atoms with Crippen molar-refractivity contribution in [2.45, 2.75) is 11.9 Å². The predicted octanol–water partition coefficient (Wildman–Crippen LogP) is 5.06. The molecule has 0 spiro atoms. The Morgan fingerprint density at radius 1 is 1.30 bits per heavy atom. The molecule has 0 saturated carbocycles. The lowest BCUT2D eigenvalue weighted by Gasteiger charge is -2.12. The number of nitrogens with zero attached hydrogens (tertiary/aromatic N) is 3. The van der Waals surface area contributed by atoms with Gasteiger partial charge in [0.15, 0.2) is 5.65 Å². The molecule has 2 aromatic heterocycles. The summed E-state index contributed by atoms with van der Waals surface area (Å²) in [5.41, 5.74) is 4.16. The quantitative estimate of drug-likeness (QED) is 0.442. The highest BCUT2D eigenvalue weighted by Crippen LogP contribution is 2.31. The van der Waals surface area contributed by atoms with Crippen LogP contribution < -0.4 is 10.1 Å². The number of anilines is 1. The van der Waals surface area contributed by atoms with Gasteiger partial charge in [0.1, 0.15) is 11.8 Å². The zero-order valence-corrected chi connectivity index (χ0v) is 17.8. The number of pyridine rings is 1. The molecule has 6 nitrogen and oxygen atoms in total. The predicted molar refractivity (Wildman–Crippen MR) is 120 cm³/mol. The minimum atomic E-state index is -0.194. The number of carbonyl (C=O) groups excluding carboxylic acids is 1. The SMILES string of the molecule is COc1ccc(Cl)cc1NC(=O)CSc1cc(C)c(C#N)c2nc3ccccc3n12. The van der Waals surface area contributed by atoms with Crippen LogP contribution in [0.1, 0.15) is 11.1 Å². The molecule has 0 atom stereocenters. The summed E-state index contributed by atoms with van der Waals surface area (Å²) in [6.07, 6.45) is 0. The monoisotopic (exact) mass is 436 g/mol. The maximum absolute atomic E-state index is 12.6. The van der Waals surface area contributed by atoms with Gasteiger partial charge in [-0.1, -0.05) is 35.5 Å². The fourth-order valence-electron chi connectivity index (χ4n) is 3.26. The number of ether oxygens (including phenoxy) is 1. The van der Waals surface area contributed by atoms with E-state index in [1.54, 1.807) is 18.2 Å². The van der Waals surface area contributed by atoms with Crippen LogP contribution in [0.15, 0.2) is 53.6 Å². The lowest BCUT2D eigenvalue weighted by atomic mass is 10.2. The number of nitrogens with one attached hydrogen (secondary N) is 1. The highest BCUT2D eigenvalue weighted by atomic mass is 35.5. The van der Waals surface area contributed by atoms with Crippen LogP contribution >= 0.6 is 23.4 Å². The minimum Gasteiger partial charge on any atom is -0.495 e. The second-order valence-electron chi connectivity index (χ2n) is 6.59. The van der Waals surface area contributed by atoms with Crippen molar-refractivity contribution in [2.75, 3.05) is 18.2 Å². The van der Waals surface area contributed by atoms with Crippen LogP contribution in [0.2, 0.25) is 5.02 Å². The molecule has 30 heavy (non-hydrogen) atoms. The van der Waals surface area contributed by atoms with E-state index in [2.05, 4.69) is 16.4 Å². The Morgan fingerprint density at radius 3 is 2.87 bits per heavy atom. The highest BCUT2D eigenvalue weighted by Gasteiger charge is 2.16. The Hall–Kier alpha value is -3.21. The van der Waals surface area contributed by atoms with Crippen molar-refractivity contribution < 1.29 is 9.53 Å². The number of amides is 1. The van der Waals surface area contributed by atoms with E-state index in [0.717, 1.165) is 21.6 Å². The lowest BCUT2D eigenvalue weighted by Crippen LogP contribution is -2.15. The van der Waals surface area contributed by atoms with E-state index in [9.17, 15) is 10.1 Å². The highest BCUT2D eigenvalue weighted by molar-refractivity contribution is 7.99. The third-order valence-corrected chi connectivity index (χ3v) is 5.88. The number of methoxy groups -OCH3 is 1. The van der Waals surface area contributed by atoms with Crippen LogP contribution in [0.4, 0.5) is 5.69 Å².